The van der Waals surface area contributed by atoms with Crippen LogP contribution in [0.5, 0.6) is 0 Å². The number of oxazole rings is 1. The number of halogens is 3. The second-order valence-electron chi connectivity index (χ2n) is 6.90. The van der Waals surface area contributed by atoms with E-state index >= 15 is 0 Å². The number of hydrogen-bond donors (Lipinski definition) is 0. The van der Waals surface area contributed by atoms with E-state index in [4.69, 9.17) is 4.42 Å². The molecule has 0 saturated carbocycles. The van der Waals surface area contributed by atoms with E-state index in [1.807, 2.05) is 0 Å². The monoisotopic (exact) mass is 480 g/mol. The van der Waals surface area contributed by atoms with E-state index in [1.54, 1.807) is 18.2 Å². The first-order chi connectivity index (χ1) is 15.0. The van der Waals surface area contributed by atoms with Crippen LogP contribution in [-0.4, -0.2) is 35.4 Å². The first kappa shape index (κ1) is 22.3. The molecule has 166 valence electrons. The molecule has 11 heteroatoms. The number of fused-ring (bicyclic) bond motifs is 2. The van der Waals surface area contributed by atoms with Crippen LogP contribution in [0, 0.1) is 0 Å². The van der Waals surface area contributed by atoms with E-state index in [2.05, 4.69) is 9.97 Å². The van der Waals surface area contributed by atoms with E-state index in [0.717, 1.165) is 0 Å². The third kappa shape index (κ3) is 4.35. The summed E-state index contributed by atoms with van der Waals surface area (Å²) < 4.78 is 69.3. The molecular formula is C21H15F3N2O4S2. The average molecular weight is 480 g/mol. The number of ketones is 1. The SMILES string of the molecule is CCS(=O)(=O)c1cc2cc(C(C)=O)ccc2nc1-c1nc2cc(SC(F)(F)F)ccc2o1. The standard InChI is InChI=1S/C21H15F3N2O4S2/c1-3-32(28,29)18-9-13-8-12(11(2)27)4-6-15(13)25-19(18)20-26-16-10-14(31-21(22,23)24)5-7-17(16)30-20/h4-10H,3H2,1-2H3. The molecule has 2 aromatic heterocycles. The molecule has 0 aliphatic rings. The molecule has 0 fully saturated rings. The Bertz CT molecular complexity index is 1480. The molecule has 0 radical (unpaired) electrons. The topological polar surface area (TPSA) is 90.1 Å². The number of carbonyl (C=O) groups excluding carboxylic acids is 1. The normalized spacial score (nSPS) is 12.5. The Kier molecular flexibility index (Phi) is 5.49. The summed E-state index contributed by atoms with van der Waals surface area (Å²) in [5, 5.41) is 0.452. The van der Waals surface area contributed by atoms with Gasteiger partial charge in [-0.15, -0.1) is 0 Å². The number of benzene rings is 2. The maximum atomic E-state index is 12.8. The molecule has 4 aromatic rings. The van der Waals surface area contributed by atoms with E-state index in [1.165, 1.54) is 38.1 Å². The number of hydrogen-bond acceptors (Lipinski definition) is 7. The molecule has 0 bridgehead atoms. The molecule has 4 rings (SSSR count). The Balaban J connectivity index is 1.92. The van der Waals surface area contributed by atoms with Gasteiger partial charge in [0.25, 0.3) is 0 Å². The number of nitrogens with zero attached hydrogens (tertiary/aromatic N) is 2. The summed E-state index contributed by atoms with van der Waals surface area (Å²) >= 11 is -0.284. The molecule has 0 aliphatic carbocycles. The predicted molar refractivity (Wildman–Crippen MR) is 114 cm³/mol. The third-order valence-corrected chi connectivity index (χ3v) is 7.16. The van der Waals surface area contributed by atoms with Gasteiger partial charge in [-0.1, -0.05) is 6.92 Å². The van der Waals surface area contributed by atoms with Crippen LogP contribution < -0.4 is 0 Å². The summed E-state index contributed by atoms with van der Waals surface area (Å²) in [6, 6.07) is 9.92. The van der Waals surface area contributed by atoms with Gasteiger partial charge in [0.1, 0.15) is 11.2 Å². The maximum Gasteiger partial charge on any atom is 0.446 e. The van der Waals surface area contributed by atoms with Gasteiger partial charge in [-0.2, -0.15) is 13.2 Å². The second kappa shape index (κ2) is 7.89. The van der Waals surface area contributed by atoms with Crippen LogP contribution in [0.25, 0.3) is 33.6 Å². The maximum absolute atomic E-state index is 12.8. The van der Waals surface area contributed by atoms with Crippen LogP contribution in [0.4, 0.5) is 13.2 Å². The molecule has 2 aromatic carbocycles. The van der Waals surface area contributed by atoms with Gasteiger partial charge in [-0.25, -0.2) is 18.4 Å². The fourth-order valence-corrected chi connectivity index (χ4v) is 4.75. The molecule has 32 heavy (non-hydrogen) atoms. The third-order valence-electron chi connectivity index (χ3n) is 4.70. The lowest BCUT2D eigenvalue weighted by Crippen LogP contribution is -2.07. The van der Waals surface area contributed by atoms with Crippen LogP contribution in [0.1, 0.15) is 24.2 Å². The highest BCUT2D eigenvalue weighted by Crippen LogP contribution is 2.39. The Labute approximate surface area is 184 Å². The number of sulfone groups is 1. The van der Waals surface area contributed by atoms with Crippen molar-refractivity contribution in [2.45, 2.75) is 29.1 Å². The number of thioether (sulfide) groups is 1. The van der Waals surface area contributed by atoms with Crippen LogP contribution in [0.15, 0.2) is 56.7 Å². The zero-order valence-corrected chi connectivity index (χ0v) is 18.4. The summed E-state index contributed by atoms with van der Waals surface area (Å²) in [5.74, 6) is -0.521. The molecule has 2 heterocycles. The second-order valence-corrected chi connectivity index (χ2v) is 10.3. The minimum atomic E-state index is -4.46. The van der Waals surface area contributed by atoms with E-state index in [0.29, 0.717) is 16.5 Å². The summed E-state index contributed by atoms with van der Waals surface area (Å²) in [7, 11) is -3.77. The quantitative estimate of drug-likeness (QED) is 0.269. The van der Waals surface area contributed by atoms with Gasteiger partial charge in [-0.3, -0.25) is 4.79 Å². The molecule has 6 nitrogen and oxygen atoms in total. The number of aromatic nitrogens is 2. The van der Waals surface area contributed by atoms with Gasteiger partial charge in [0, 0.05) is 15.8 Å². The van der Waals surface area contributed by atoms with Crippen LogP contribution >= 0.6 is 11.8 Å². The molecule has 0 atom stereocenters. The molecule has 0 spiro atoms. The zero-order chi connectivity index (χ0) is 23.3. The van der Waals surface area contributed by atoms with E-state index < -0.39 is 15.3 Å². The first-order valence-electron chi connectivity index (χ1n) is 9.32. The Hall–Kier alpha value is -2.92. The number of rotatable bonds is 5. The van der Waals surface area contributed by atoms with Crippen molar-refractivity contribution in [3.8, 4) is 11.6 Å². The Morgan fingerprint density at radius 2 is 1.81 bits per heavy atom. The highest BCUT2D eigenvalue weighted by Gasteiger charge is 2.30. The van der Waals surface area contributed by atoms with Crippen LogP contribution in [0.2, 0.25) is 0 Å². The molecule has 0 aliphatic heterocycles. The van der Waals surface area contributed by atoms with Crippen molar-refractivity contribution in [1.29, 1.82) is 0 Å². The summed E-state index contributed by atoms with van der Waals surface area (Å²) in [6.07, 6.45) is 0. The highest BCUT2D eigenvalue weighted by molar-refractivity contribution is 8.00. The lowest BCUT2D eigenvalue weighted by atomic mass is 10.1. The molecule has 0 N–H and O–H groups in total. The summed E-state index contributed by atoms with van der Waals surface area (Å²) in [5.41, 5.74) is -3.35. The summed E-state index contributed by atoms with van der Waals surface area (Å²) in [4.78, 5) is 20.1. The number of alkyl halides is 3. The van der Waals surface area contributed by atoms with E-state index in [9.17, 15) is 26.4 Å². The Morgan fingerprint density at radius 3 is 2.47 bits per heavy atom. The van der Waals surface area contributed by atoms with Gasteiger partial charge >= 0.3 is 5.51 Å². The Morgan fingerprint density at radius 1 is 1.06 bits per heavy atom. The van der Waals surface area contributed by atoms with Gasteiger partial charge in [0.2, 0.25) is 5.89 Å². The lowest BCUT2D eigenvalue weighted by Gasteiger charge is -2.09. The predicted octanol–water partition coefficient (Wildman–Crippen LogP) is 5.65. The van der Waals surface area contributed by atoms with Gasteiger partial charge < -0.3 is 4.42 Å². The fourth-order valence-electron chi connectivity index (χ4n) is 3.13. The highest BCUT2D eigenvalue weighted by atomic mass is 32.2. The van der Waals surface area contributed by atoms with Gasteiger partial charge in [-0.05, 0) is 61.2 Å². The van der Waals surface area contributed by atoms with Crippen molar-refractivity contribution < 1.29 is 30.8 Å². The van der Waals surface area contributed by atoms with Crippen molar-refractivity contribution in [3.05, 3.63) is 48.0 Å². The van der Waals surface area contributed by atoms with Gasteiger partial charge in [0.05, 0.1) is 16.2 Å². The van der Waals surface area contributed by atoms with Crippen molar-refractivity contribution in [3.63, 3.8) is 0 Å². The largest absolute Gasteiger partial charge is 0.446 e. The zero-order valence-electron chi connectivity index (χ0n) is 16.7. The van der Waals surface area contributed by atoms with Crippen molar-refractivity contribution in [1.82, 2.24) is 9.97 Å². The van der Waals surface area contributed by atoms with Gasteiger partial charge in [0.15, 0.2) is 21.2 Å². The molecular weight excluding hydrogens is 465 g/mol. The molecule has 0 amide bonds. The number of carbonyl (C=O) groups is 1. The van der Waals surface area contributed by atoms with Crippen molar-refractivity contribution in [2.24, 2.45) is 0 Å². The minimum Gasteiger partial charge on any atom is -0.435 e. The number of pyridine rings is 1. The number of Topliss-reactive ketones (excluding diaryl/α,β-unsaturated/α-hetero) is 1. The molecule has 0 unspecified atom stereocenters. The van der Waals surface area contributed by atoms with Crippen LogP contribution in [-0.2, 0) is 9.84 Å². The van der Waals surface area contributed by atoms with E-state index in [-0.39, 0.29) is 55.8 Å². The average Bonchev–Trinajstić information content (AvgIpc) is 3.14. The van der Waals surface area contributed by atoms with Crippen LogP contribution in [0.3, 0.4) is 0 Å². The fraction of sp³-hybridized carbons (Fsp3) is 0.190. The summed E-state index contributed by atoms with van der Waals surface area (Å²) in [6.45, 7) is 2.87. The molecule has 0 saturated heterocycles. The van der Waals surface area contributed by atoms with Crippen molar-refractivity contribution in [2.75, 3.05) is 5.75 Å². The lowest BCUT2D eigenvalue weighted by molar-refractivity contribution is -0.0328. The smallest absolute Gasteiger partial charge is 0.435 e. The van der Waals surface area contributed by atoms with Crippen molar-refractivity contribution >= 4 is 49.4 Å². The minimum absolute atomic E-state index is 0.0452. The first-order valence-corrected chi connectivity index (χ1v) is 11.8.